The van der Waals surface area contributed by atoms with Gasteiger partial charge in [-0.2, -0.15) is 0 Å². The molecule has 4 aromatic rings. The smallest absolute Gasteiger partial charge is 0.255 e. The number of fused-ring (bicyclic) bond motifs is 1. The SMILES string of the molecule is CCOc1ccc(C(=O)Nc2ccc(-c3nc4cc(Cl)c(C)cc4[nH]3)cc2)cc1Br. The molecule has 4 rings (SSSR count). The van der Waals surface area contributed by atoms with Gasteiger partial charge in [-0.25, -0.2) is 4.98 Å². The van der Waals surface area contributed by atoms with Gasteiger partial charge in [0.2, 0.25) is 0 Å². The molecule has 0 atom stereocenters. The molecule has 0 aliphatic rings. The van der Waals surface area contributed by atoms with Crippen LogP contribution < -0.4 is 10.1 Å². The van der Waals surface area contributed by atoms with Gasteiger partial charge in [-0.1, -0.05) is 11.6 Å². The number of hydrogen-bond donors (Lipinski definition) is 2. The minimum atomic E-state index is -0.194. The van der Waals surface area contributed by atoms with Gasteiger partial charge in [0.1, 0.15) is 11.6 Å². The number of anilines is 1. The van der Waals surface area contributed by atoms with Crippen LogP contribution in [0.2, 0.25) is 5.02 Å². The maximum atomic E-state index is 12.6. The number of imidazole rings is 1. The fraction of sp³-hybridized carbons (Fsp3) is 0.130. The third-order valence-corrected chi connectivity index (χ3v) is 5.70. The summed E-state index contributed by atoms with van der Waals surface area (Å²) >= 11 is 9.63. The molecular formula is C23H19BrClN3O2. The van der Waals surface area contributed by atoms with Crippen LogP contribution in [-0.4, -0.2) is 22.5 Å². The number of nitrogens with zero attached hydrogens (tertiary/aromatic N) is 1. The highest BCUT2D eigenvalue weighted by Crippen LogP contribution is 2.28. The molecular weight excluding hydrogens is 466 g/mol. The topological polar surface area (TPSA) is 67.0 Å². The Morgan fingerprint density at radius 2 is 1.93 bits per heavy atom. The van der Waals surface area contributed by atoms with Crippen molar-refractivity contribution in [3.63, 3.8) is 0 Å². The zero-order chi connectivity index (χ0) is 21.3. The average molecular weight is 485 g/mol. The van der Waals surface area contributed by atoms with Crippen molar-refractivity contribution in [3.05, 3.63) is 75.2 Å². The Kier molecular flexibility index (Phi) is 5.79. The first kappa shape index (κ1) is 20.4. The summed E-state index contributed by atoms with van der Waals surface area (Å²) in [6, 6.07) is 16.6. The van der Waals surface area contributed by atoms with Gasteiger partial charge >= 0.3 is 0 Å². The molecule has 0 saturated heterocycles. The number of H-pyrrole nitrogens is 1. The molecule has 0 saturated carbocycles. The summed E-state index contributed by atoms with van der Waals surface area (Å²) in [6.45, 7) is 4.44. The summed E-state index contributed by atoms with van der Waals surface area (Å²) in [6.07, 6.45) is 0. The molecule has 0 fully saturated rings. The van der Waals surface area contributed by atoms with E-state index in [1.807, 2.05) is 50.2 Å². The van der Waals surface area contributed by atoms with Crippen LogP contribution >= 0.6 is 27.5 Å². The van der Waals surface area contributed by atoms with Crippen LogP contribution in [0.5, 0.6) is 5.75 Å². The standard InChI is InChI=1S/C23H19BrClN3O2/c1-3-30-21-9-6-15(11-17(21)24)23(29)26-16-7-4-14(5-8-16)22-27-19-10-13(2)18(25)12-20(19)28-22/h4-12H,3H2,1-2H3,(H,26,29)(H,27,28). The summed E-state index contributed by atoms with van der Waals surface area (Å²) in [5.41, 5.74) is 4.91. The van der Waals surface area contributed by atoms with E-state index in [-0.39, 0.29) is 5.91 Å². The largest absolute Gasteiger partial charge is 0.493 e. The Labute approximate surface area is 187 Å². The molecule has 3 aromatic carbocycles. The molecule has 1 amide bonds. The van der Waals surface area contributed by atoms with Crippen molar-refractivity contribution >= 4 is 50.2 Å². The fourth-order valence-corrected chi connectivity index (χ4v) is 3.76. The first-order valence-corrected chi connectivity index (χ1v) is 10.6. The Balaban J connectivity index is 1.51. The van der Waals surface area contributed by atoms with Crippen LogP contribution in [0.1, 0.15) is 22.8 Å². The molecule has 0 bridgehead atoms. The first-order valence-electron chi connectivity index (χ1n) is 9.44. The average Bonchev–Trinajstić information content (AvgIpc) is 3.13. The predicted molar refractivity (Wildman–Crippen MR) is 125 cm³/mol. The number of rotatable bonds is 5. The number of amides is 1. The number of ether oxygens (including phenoxy) is 1. The Hall–Kier alpha value is -2.83. The minimum absolute atomic E-state index is 0.194. The molecule has 1 heterocycles. The lowest BCUT2D eigenvalue weighted by molar-refractivity contribution is 0.102. The van der Waals surface area contributed by atoms with E-state index in [2.05, 4.69) is 31.2 Å². The number of carbonyl (C=O) groups is 1. The van der Waals surface area contributed by atoms with Gasteiger partial charge in [-0.15, -0.1) is 0 Å². The molecule has 152 valence electrons. The molecule has 30 heavy (non-hydrogen) atoms. The first-order chi connectivity index (χ1) is 14.4. The molecule has 0 spiro atoms. The second-order valence-corrected chi connectivity index (χ2v) is 8.08. The highest BCUT2D eigenvalue weighted by molar-refractivity contribution is 9.10. The van der Waals surface area contributed by atoms with Crippen molar-refractivity contribution in [1.82, 2.24) is 9.97 Å². The van der Waals surface area contributed by atoms with Crippen LogP contribution in [0.3, 0.4) is 0 Å². The van der Waals surface area contributed by atoms with Crippen LogP contribution in [0.25, 0.3) is 22.4 Å². The predicted octanol–water partition coefficient (Wildman–Crippen LogP) is 6.61. The lowest BCUT2D eigenvalue weighted by Crippen LogP contribution is -2.12. The van der Waals surface area contributed by atoms with Crippen molar-refractivity contribution in [3.8, 4) is 17.1 Å². The number of hydrogen-bond acceptors (Lipinski definition) is 3. The van der Waals surface area contributed by atoms with Crippen LogP contribution in [-0.2, 0) is 0 Å². The van der Waals surface area contributed by atoms with Crippen molar-refractivity contribution in [2.45, 2.75) is 13.8 Å². The summed E-state index contributed by atoms with van der Waals surface area (Å²) in [5.74, 6) is 1.26. The Morgan fingerprint density at radius 3 is 2.63 bits per heavy atom. The van der Waals surface area contributed by atoms with Gasteiger partial charge in [-0.3, -0.25) is 4.79 Å². The van der Waals surface area contributed by atoms with E-state index in [1.54, 1.807) is 18.2 Å². The van der Waals surface area contributed by atoms with Gasteiger partial charge in [0, 0.05) is 21.8 Å². The van der Waals surface area contributed by atoms with E-state index < -0.39 is 0 Å². The van der Waals surface area contributed by atoms with Gasteiger partial charge in [0.05, 0.1) is 22.1 Å². The number of aryl methyl sites for hydroxylation is 1. The molecule has 0 radical (unpaired) electrons. The van der Waals surface area contributed by atoms with E-state index in [0.717, 1.165) is 32.5 Å². The van der Waals surface area contributed by atoms with Gasteiger partial charge < -0.3 is 15.0 Å². The number of carbonyl (C=O) groups excluding carboxylic acids is 1. The quantitative estimate of drug-likeness (QED) is 0.335. The second kappa shape index (κ2) is 8.50. The normalized spacial score (nSPS) is 10.9. The van der Waals surface area contributed by atoms with Crippen molar-refractivity contribution in [2.24, 2.45) is 0 Å². The Morgan fingerprint density at radius 1 is 1.17 bits per heavy atom. The van der Waals surface area contributed by atoms with Crippen molar-refractivity contribution < 1.29 is 9.53 Å². The van der Waals surface area contributed by atoms with Crippen LogP contribution in [0.15, 0.2) is 59.1 Å². The zero-order valence-electron chi connectivity index (χ0n) is 16.4. The van der Waals surface area contributed by atoms with Crippen LogP contribution in [0, 0.1) is 6.92 Å². The number of aromatic amines is 1. The van der Waals surface area contributed by atoms with E-state index in [4.69, 9.17) is 16.3 Å². The monoisotopic (exact) mass is 483 g/mol. The third-order valence-electron chi connectivity index (χ3n) is 4.67. The van der Waals surface area contributed by atoms with Gasteiger partial charge in [-0.05, 0) is 89.9 Å². The van der Waals surface area contributed by atoms with Crippen molar-refractivity contribution in [1.29, 1.82) is 0 Å². The minimum Gasteiger partial charge on any atom is -0.493 e. The summed E-state index contributed by atoms with van der Waals surface area (Å²) in [4.78, 5) is 20.5. The van der Waals surface area contributed by atoms with Crippen molar-refractivity contribution in [2.75, 3.05) is 11.9 Å². The van der Waals surface area contributed by atoms with Gasteiger partial charge in [0.15, 0.2) is 0 Å². The fourth-order valence-electron chi connectivity index (χ4n) is 3.11. The third kappa shape index (κ3) is 4.20. The maximum absolute atomic E-state index is 12.6. The summed E-state index contributed by atoms with van der Waals surface area (Å²) in [5, 5.41) is 3.60. The highest BCUT2D eigenvalue weighted by Gasteiger charge is 2.11. The molecule has 5 nitrogen and oxygen atoms in total. The molecule has 0 aliphatic carbocycles. The molecule has 0 aliphatic heterocycles. The lowest BCUT2D eigenvalue weighted by atomic mass is 10.1. The highest BCUT2D eigenvalue weighted by atomic mass is 79.9. The molecule has 2 N–H and O–H groups in total. The lowest BCUT2D eigenvalue weighted by Gasteiger charge is -2.09. The number of halogens is 2. The maximum Gasteiger partial charge on any atom is 0.255 e. The zero-order valence-corrected chi connectivity index (χ0v) is 18.8. The Bertz CT molecular complexity index is 1200. The van der Waals surface area contributed by atoms with E-state index >= 15 is 0 Å². The second-order valence-electron chi connectivity index (χ2n) is 6.81. The molecule has 0 unspecified atom stereocenters. The number of aromatic nitrogens is 2. The molecule has 7 heteroatoms. The number of nitrogens with one attached hydrogen (secondary N) is 2. The number of benzene rings is 3. The van der Waals surface area contributed by atoms with E-state index in [0.29, 0.717) is 28.6 Å². The van der Waals surface area contributed by atoms with Gasteiger partial charge in [0.25, 0.3) is 5.91 Å². The van der Waals surface area contributed by atoms with Crippen LogP contribution in [0.4, 0.5) is 5.69 Å². The molecule has 1 aromatic heterocycles. The summed E-state index contributed by atoms with van der Waals surface area (Å²) in [7, 11) is 0. The summed E-state index contributed by atoms with van der Waals surface area (Å²) < 4.78 is 6.23. The van der Waals surface area contributed by atoms with E-state index in [9.17, 15) is 4.79 Å². The van der Waals surface area contributed by atoms with E-state index in [1.165, 1.54) is 0 Å².